The number of phenols is 1. The zero-order chi connectivity index (χ0) is 12.0. The molecule has 0 aliphatic carbocycles. The van der Waals surface area contributed by atoms with Gasteiger partial charge in [0.25, 0.3) is 0 Å². The second-order valence-electron chi connectivity index (χ2n) is 2.97. The molecule has 3 nitrogen and oxygen atoms in total. The monoisotopic (exact) mass is 282 g/mol. The molecule has 1 N–H and O–H groups in total. The van der Waals surface area contributed by atoms with Gasteiger partial charge in [0.2, 0.25) is 0 Å². The van der Waals surface area contributed by atoms with Crippen molar-refractivity contribution in [3.8, 4) is 23.3 Å². The minimum absolute atomic E-state index is 0.0174. The SMILES string of the molecule is COc1cc(C=O)c(C#CCCBr)cc1O. The Bertz CT molecular complexity index is 444. The van der Waals surface area contributed by atoms with E-state index in [0.717, 1.165) is 5.33 Å². The van der Waals surface area contributed by atoms with Crippen LogP contribution in [0.1, 0.15) is 22.3 Å². The van der Waals surface area contributed by atoms with Crippen molar-refractivity contribution in [3.05, 3.63) is 23.3 Å². The number of rotatable bonds is 3. The molecule has 0 aromatic heterocycles. The molecule has 0 radical (unpaired) electrons. The van der Waals surface area contributed by atoms with E-state index in [1.165, 1.54) is 19.2 Å². The highest BCUT2D eigenvalue weighted by atomic mass is 79.9. The minimum atomic E-state index is -0.0174. The van der Waals surface area contributed by atoms with Gasteiger partial charge in [-0.1, -0.05) is 27.8 Å². The van der Waals surface area contributed by atoms with Crippen LogP contribution in [0, 0.1) is 11.8 Å². The average molecular weight is 283 g/mol. The van der Waals surface area contributed by atoms with Gasteiger partial charge in [0, 0.05) is 28.9 Å². The van der Waals surface area contributed by atoms with E-state index in [1.54, 1.807) is 0 Å². The van der Waals surface area contributed by atoms with Crippen molar-refractivity contribution in [2.45, 2.75) is 6.42 Å². The van der Waals surface area contributed by atoms with Crippen molar-refractivity contribution in [2.75, 3.05) is 12.4 Å². The zero-order valence-electron chi connectivity index (χ0n) is 8.79. The fourth-order valence-corrected chi connectivity index (χ4v) is 1.36. The first-order valence-electron chi connectivity index (χ1n) is 4.64. The molecule has 1 aromatic rings. The Morgan fingerprint density at radius 3 is 2.88 bits per heavy atom. The number of carbonyl (C=O) groups is 1. The van der Waals surface area contributed by atoms with Gasteiger partial charge in [-0.3, -0.25) is 4.79 Å². The van der Waals surface area contributed by atoms with E-state index in [9.17, 15) is 9.90 Å². The predicted octanol–water partition coefficient (Wildman–Crippen LogP) is 2.35. The third-order valence-electron chi connectivity index (χ3n) is 1.92. The van der Waals surface area contributed by atoms with Crippen LogP contribution in [0.25, 0.3) is 0 Å². The smallest absolute Gasteiger partial charge is 0.161 e. The van der Waals surface area contributed by atoms with Crippen LogP contribution in [0.2, 0.25) is 0 Å². The Labute approximate surface area is 103 Å². The van der Waals surface area contributed by atoms with Gasteiger partial charge in [0.05, 0.1) is 7.11 Å². The second-order valence-corrected chi connectivity index (χ2v) is 3.76. The molecule has 0 aliphatic heterocycles. The van der Waals surface area contributed by atoms with E-state index in [2.05, 4.69) is 27.8 Å². The lowest BCUT2D eigenvalue weighted by molar-refractivity contribution is 0.112. The average Bonchev–Trinajstić information content (AvgIpc) is 2.30. The fourth-order valence-electron chi connectivity index (χ4n) is 1.16. The Hall–Kier alpha value is -1.47. The van der Waals surface area contributed by atoms with E-state index in [1.807, 2.05) is 0 Å². The molecule has 0 fully saturated rings. The van der Waals surface area contributed by atoms with E-state index < -0.39 is 0 Å². The molecule has 0 saturated carbocycles. The van der Waals surface area contributed by atoms with E-state index in [4.69, 9.17) is 4.74 Å². The summed E-state index contributed by atoms with van der Waals surface area (Å²) in [5.41, 5.74) is 0.922. The van der Waals surface area contributed by atoms with Crippen LogP contribution in [0.4, 0.5) is 0 Å². The van der Waals surface area contributed by atoms with Gasteiger partial charge in [0.15, 0.2) is 17.8 Å². The maximum absolute atomic E-state index is 10.8. The molecule has 0 atom stereocenters. The van der Waals surface area contributed by atoms with Gasteiger partial charge in [-0.25, -0.2) is 0 Å². The largest absolute Gasteiger partial charge is 0.504 e. The molecule has 0 aliphatic rings. The molecule has 0 unspecified atom stereocenters. The normalized spacial score (nSPS) is 9.12. The van der Waals surface area contributed by atoms with E-state index in [0.29, 0.717) is 23.8 Å². The Morgan fingerprint density at radius 2 is 2.31 bits per heavy atom. The van der Waals surface area contributed by atoms with Gasteiger partial charge in [-0.2, -0.15) is 0 Å². The third kappa shape index (κ3) is 3.01. The van der Waals surface area contributed by atoms with Crippen LogP contribution in [0.15, 0.2) is 12.1 Å². The van der Waals surface area contributed by atoms with E-state index in [-0.39, 0.29) is 11.5 Å². The molecule has 1 aromatic carbocycles. The first-order chi connectivity index (χ1) is 7.72. The Kier molecular flexibility index (Phi) is 4.87. The van der Waals surface area contributed by atoms with Crippen LogP contribution >= 0.6 is 15.9 Å². The summed E-state index contributed by atoms with van der Waals surface area (Å²) in [5, 5.41) is 10.3. The van der Waals surface area contributed by atoms with Crippen LogP contribution < -0.4 is 4.74 Å². The van der Waals surface area contributed by atoms with Gasteiger partial charge in [-0.05, 0) is 6.07 Å². The highest BCUT2D eigenvalue weighted by Gasteiger charge is 2.07. The maximum Gasteiger partial charge on any atom is 0.161 e. The van der Waals surface area contributed by atoms with E-state index >= 15 is 0 Å². The van der Waals surface area contributed by atoms with Crippen LogP contribution in [0.3, 0.4) is 0 Å². The highest BCUT2D eigenvalue weighted by molar-refractivity contribution is 9.09. The summed E-state index contributed by atoms with van der Waals surface area (Å²) in [4.78, 5) is 10.8. The summed E-state index contributed by atoms with van der Waals surface area (Å²) in [6, 6.07) is 2.91. The van der Waals surface area contributed by atoms with Crippen LogP contribution in [-0.4, -0.2) is 23.8 Å². The lowest BCUT2D eigenvalue weighted by Crippen LogP contribution is -1.91. The summed E-state index contributed by atoms with van der Waals surface area (Å²) < 4.78 is 4.90. The number of methoxy groups -OCH3 is 1. The predicted molar refractivity (Wildman–Crippen MR) is 65.3 cm³/mol. The van der Waals surface area contributed by atoms with Crippen LogP contribution in [0.5, 0.6) is 11.5 Å². The topological polar surface area (TPSA) is 46.5 Å². The maximum atomic E-state index is 10.8. The zero-order valence-corrected chi connectivity index (χ0v) is 10.4. The molecule has 0 spiro atoms. The quantitative estimate of drug-likeness (QED) is 0.526. The van der Waals surface area contributed by atoms with Crippen molar-refractivity contribution in [3.63, 3.8) is 0 Å². The Balaban J connectivity index is 3.14. The second kappa shape index (κ2) is 6.19. The molecular formula is C12H11BrO3. The van der Waals surface area contributed by atoms with Crippen molar-refractivity contribution in [1.82, 2.24) is 0 Å². The number of alkyl halides is 1. The number of benzene rings is 1. The number of hydrogen-bond donors (Lipinski definition) is 1. The summed E-state index contributed by atoms with van der Waals surface area (Å²) in [6.07, 6.45) is 1.38. The molecule has 16 heavy (non-hydrogen) atoms. The molecule has 0 heterocycles. The van der Waals surface area contributed by atoms with Gasteiger partial charge in [-0.15, -0.1) is 0 Å². The number of phenolic OH excluding ortho intramolecular Hbond substituents is 1. The fraction of sp³-hybridized carbons (Fsp3) is 0.250. The highest BCUT2D eigenvalue weighted by Crippen LogP contribution is 2.28. The van der Waals surface area contributed by atoms with Gasteiger partial charge >= 0.3 is 0 Å². The Morgan fingerprint density at radius 1 is 1.56 bits per heavy atom. The molecule has 1 rings (SSSR count). The lowest BCUT2D eigenvalue weighted by atomic mass is 10.1. The molecule has 0 saturated heterocycles. The molecule has 0 bridgehead atoms. The lowest BCUT2D eigenvalue weighted by Gasteiger charge is -2.05. The van der Waals surface area contributed by atoms with Crippen LogP contribution in [-0.2, 0) is 0 Å². The number of aromatic hydroxyl groups is 1. The van der Waals surface area contributed by atoms with Crippen molar-refractivity contribution in [2.24, 2.45) is 0 Å². The molecule has 4 heteroatoms. The van der Waals surface area contributed by atoms with Crippen molar-refractivity contribution < 1.29 is 14.6 Å². The molecule has 0 amide bonds. The summed E-state index contributed by atoms with van der Waals surface area (Å²) in [5.74, 6) is 5.97. The van der Waals surface area contributed by atoms with Crippen molar-refractivity contribution >= 4 is 22.2 Å². The first-order valence-corrected chi connectivity index (χ1v) is 5.76. The number of hydrogen-bond acceptors (Lipinski definition) is 3. The number of aldehydes is 1. The van der Waals surface area contributed by atoms with Crippen molar-refractivity contribution in [1.29, 1.82) is 0 Å². The summed E-state index contributed by atoms with van der Waals surface area (Å²) >= 11 is 3.25. The third-order valence-corrected chi connectivity index (χ3v) is 2.32. The minimum Gasteiger partial charge on any atom is -0.504 e. The van der Waals surface area contributed by atoms with Gasteiger partial charge in [0.1, 0.15) is 0 Å². The molecular weight excluding hydrogens is 272 g/mol. The first kappa shape index (κ1) is 12.6. The standard InChI is InChI=1S/C12H11BrO3/c1-16-12-7-10(8-14)9(6-11(12)15)4-2-3-5-13/h6-8,15H,3,5H2,1H3. The number of ether oxygens (including phenoxy) is 1. The van der Waals surface area contributed by atoms with Gasteiger partial charge < -0.3 is 9.84 Å². The summed E-state index contributed by atoms with van der Waals surface area (Å²) in [7, 11) is 1.43. The molecule has 84 valence electrons. The number of halogens is 1. The number of carbonyl (C=O) groups excluding carboxylic acids is 1. The summed E-state index contributed by atoms with van der Waals surface area (Å²) in [6.45, 7) is 0.